The second-order valence-electron chi connectivity index (χ2n) is 2.50. The van der Waals surface area contributed by atoms with E-state index in [4.69, 9.17) is 4.55 Å². The molecule has 0 fully saturated rings. The van der Waals surface area contributed by atoms with E-state index in [1.807, 2.05) is 0 Å². The normalized spacial score (nSPS) is 12.9. The Kier molecular flexibility index (Phi) is 2.55. The molecule has 1 aromatic rings. The number of rotatable bonds is 1. The maximum Gasteiger partial charge on any atom is 0.416 e. The van der Waals surface area contributed by atoms with Gasteiger partial charge in [-0.15, -0.1) is 0 Å². The molecule has 3 nitrogen and oxygen atoms in total. The van der Waals surface area contributed by atoms with Crippen molar-refractivity contribution >= 4 is 10.1 Å². The molecular formula is C7H5F3O3S. The van der Waals surface area contributed by atoms with Crippen molar-refractivity contribution in [1.82, 2.24) is 0 Å². The molecule has 0 aliphatic rings. The third kappa shape index (κ3) is 2.46. The molecule has 0 atom stereocenters. The van der Waals surface area contributed by atoms with Gasteiger partial charge in [-0.2, -0.15) is 21.6 Å². The zero-order valence-electron chi connectivity index (χ0n) is 6.62. The Hall–Kier alpha value is -1.08. The highest BCUT2D eigenvalue weighted by Gasteiger charge is 2.30. The summed E-state index contributed by atoms with van der Waals surface area (Å²) in [4.78, 5) is -0.564. The van der Waals surface area contributed by atoms with Gasteiger partial charge in [-0.25, -0.2) is 0 Å². The number of halogens is 3. The summed E-state index contributed by atoms with van der Waals surface area (Å²) in [5.41, 5.74) is -0.968. The summed E-state index contributed by atoms with van der Waals surface area (Å²) in [6, 6.07) is 2.56. The van der Waals surface area contributed by atoms with Gasteiger partial charge in [-0.05, 0) is 24.3 Å². The lowest BCUT2D eigenvalue weighted by Crippen LogP contribution is -2.05. The molecule has 0 bridgehead atoms. The van der Waals surface area contributed by atoms with E-state index in [2.05, 4.69) is 0 Å². The van der Waals surface area contributed by atoms with Gasteiger partial charge in [-0.1, -0.05) is 0 Å². The Labute approximate surface area is 77.9 Å². The number of alkyl halides is 3. The molecule has 0 aliphatic carbocycles. The minimum Gasteiger partial charge on any atom is -0.282 e. The molecule has 1 rings (SSSR count). The van der Waals surface area contributed by atoms with Crippen molar-refractivity contribution in [3.8, 4) is 0 Å². The van der Waals surface area contributed by atoms with Crippen LogP contribution >= 0.6 is 0 Å². The van der Waals surface area contributed by atoms with Crippen molar-refractivity contribution in [2.75, 3.05) is 0 Å². The quantitative estimate of drug-likeness (QED) is 0.744. The minimum absolute atomic E-state index is 0.564. The van der Waals surface area contributed by atoms with E-state index in [1.165, 1.54) is 0 Å². The van der Waals surface area contributed by atoms with Crippen LogP contribution in [0.4, 0.5) is 13.2 Å². The maximum atomic E-state index is 12.0. The van der Waals surface area contributed by atoms with Crippen LogP contribution in [0.5, 0.6) is 0 Å². The second kappa shape index (κ2) is 3.25. The number of hydrogen-bond acceptors (Lipinski definition) is 2. The zero-order valence-corrected chi connectivity index (χ0v) is 7.43. The average molecular weight is 226 g/mol. The van der Waals surface area contributed by atoms with E-state index in [9.17, 15) is 21.6 Å². The molecule has 0 heterocycles. The Morgan fingerprint density at radius 3 is 1.79 bits per heavy atom. The first kappa shape index (κ1) is 11.0. The van der Waals surface area contributed by atoms with Crippen LogP contribution in [-0.4, -0.2) is 13.0 Å². The highest BCUT2D eigenvalue weighted by Crippen LogP contribution is 2.29. The lowest BCUT2D eigenvalue weighted by molar-refractivity contribution is -0.137. The fourth-order valence-electron chi connectivity index (χ4n) is 0.816. The molecule has 0 aromatic heterocycles. The highest BCUT2D eigenvalue weighted by molar-refractivity contribution is 7.85. The van der Waals surface area contributed by atoms with E-state index in [1.54, 1.807) is 0 Å². The van der Waals surface area contributed by atoms with Crippen LogP contribution in [0.15, 0.2) is 29.2 Å². The van der Waals surface area contributed by atoms with Crippen LogP contribution in [0.1, 0.15) is 5.56 Å². The first-order valence-electron chi connectivity index (χ1n) is 3.36. The summed E-state index contributed by atoms with van der Waals surface area (Å²) in [6.45, 7) is 0. The molecular weight excluding hydrogens is 221 g/mol. The van der Waals surface area contributed by atoms with Crippen molar-refractivity contribution in [2.45, 2.75) is 11.1 Å². The van der Waals surface area contributed by atoms with Gasteiger partial charge in [0.2, 0.25) is 0 Å². The summed E-state index contributed by atoms with van der Waals surface area (Å²) in [5.74, 6) is 0. The lowest BCUT2D eigenvalue weighted by atomic mass is 10.2. The zero-order chi connectivity index (χ0) is 11.0. The Balaban J connectivity index is 3.14. The molecule has 0 radical (unpaired) electrons. The van der Waals surface area contributed by atoms with E-state index < -0.39 is 26.8 Å². The molecule has 14 heavy (non-hydrogen) atoms. The number of hydrogen-bond donors (Lipinski definition) is 1. The van der Waals surface area contributed by atoms with E-state index >= 15 is 0 Å². The number of benzene rings is 1. The second-order valence-corrected chi connectivity index (χ2v) is 3.92. The Morgan fingerprint density at radius 1 is 1.07 bits per heavy atom. The van der Waals surface area contributed by atoms with Crippen molar-refractivity contribution in [2.24, 2.45) is 0 Å². The van der Waals surface area contributed by atoms with Crippen molar-refractivity contribution in [3.63, 3.8) is 0 Å². The van der Waals surface area contributed by atoms with Crippen molar-refractivity contribution in [3.05, 3.63) is 29.8 Å². The van der Waals surface area contributed by atoms with Crippen LogP contribution in [0.3, 0.4) is 0 Å². The van der Waals surface area contributed by atoms with Gasteiger partial charge in [0.15, 0.2) is 0 Å². The lowest BCUT2D eigenvalue weighted by Gasteiger charge is -2.05. The molecule has 0 unspecified atom stereocenters. The summed E-state index contributed by atoms with van der Waals surface area (Å²) < 4.78 is 65.4. The predicted molar refractivity (Wildman–Crippen MR) is 41.3 cm³/mol. The van der Waals surface area contributed by atoms with E-state index in [-0.39, 0.29) is 0 Å². The molecule has 0 amide bonds. The predicted octanol–water partition coefficient (Wildman–Crippen LogP) is 1.95. The smallest absolute Gasteiger partial charge is 0.282 e. The van der Waals surface area contributed by atoms with Gasteiger partial charge < -0.3 is 0 Å². The molecule has 0 saturated heterocycles. The summed E-state index contributed by atoms with van der Waals surface area (Å²) >= 11 is 0. The van der Waals surface area contributed by atoms with E-state index in [0.29, 0.717) is 24.3 Å². The fraction of sp³-hybridized carbons (Fsp3) is 0.143. The third-order valence-electron chi connectivity index (χ3n) is 1.48. The van der Waals surface area contributed by atoms with Crippen molar-refractivity contribution < 1.29 is 26.1 Å². The highest BCUT2D eigenvalue weighted by atomic mass is 32.2. The Morgan fingerprint density at radius 2 is 1.50 bits per heavy atom. The molecule has 0 spiro atoms. The molecule has 1 N–H and O–H groups in total. The molecule has 78 valence electrons. The van der Waals surface area contributed by atoms with E-state index in [0.717, 1.165) is 0 Å². The van der Waals surface area contributed by atoms with Gasteiger partial charge in [0.05, 0.1) is 10.5 Å². The third-order valence-corrected chi connectivity index (χ3v) is 2.35. The van der Waals surface area contributed by atoms with Crippen LogP contribution in [0.2, 0.25) is 0 Å². The summed E-state index contributed by atoms with van der Waals surface area (Å²) in [5, 5.41) is 0. The van der Waals surface area contributed by atoms with Crippen LogP contribution in [0.25, 0.3) is 0 Å². The van der Waals surface area contributed by atoms with Gasteiger partial charge in [0.25, 0.3) is 10.1 Å². The maximum absolute atomic E-state index is 12.0. The van der Waals surface area contributed by atoms with Crippen molar-refractivity contribution in [1.29, 1.82) is 0 Å². The van der Waals surface area contributed by atoms with Crippen LogP contribution in [0, 0.1) is 0 Å². The van der Waals surface area contributed by atoms with Crippen LogP contribution in [-0.2, 0) is 16.3 Å². The molecule has 0 saturated carbocycles. The Bertz CT molecular complexity index is 418. The molecule has 1 aromatic carbocycles. The topological polar surface area (TPSA) is 54.4 Å². The SMILES string of the molecule is O=S(=O)(O)c1ccc(C(F)(F)F)cc1. The first-order valence-corrected chi connectivity index (χ1v) is 4.80. The standard InChI is InChI=1S/C7H5F3O3S/c8-7(9,10)5-1-3-6(4-2-5)14(11,12)13/h1-4H,(H,11,12,13). The van der Waals surface area contributed by atoms with Gasteiger partial charge in [0.1, 0.15) is 0 Å². The largest absolute Gasteiger partial charge is 0.416 e. The molecule has 0 aliphatic heterocycles. The minimum atomic E-state index is -4.52. The van der Waals surface area contributed by atoms with Gasteiger partial charge >= 0.3 is 6.18 Å². The monoisotopic (exact) mass is 226 g/mol. The summed E-state index contributed by atoms with van der Waals surface area (Å²) in [7, 11) is -4.43. The van der Waals surface area contributed by atoms with Gasteiger partial charge in [0, 0.05) is 0 Å². The first-order chi connectivity index (χ1) is 6.21. The van der Waals surface area contributed by atoms with Gasteiger partial charge in [-0.3, -0.25) is 4.55 Å². The molecule has 7 heteroatoms. The summed E-state index contributed by atoms with van der Waals surface area (Å²) in [6.07, 6.45) is -4.52. The fourth-order valence-corrected chi connectivity index (χ4v) is 1.30. The van der Waals surface area contributed by atoms with Crippen LogP contribution < -0.4 is 0 Å². The average Bonchev–Trinajstić information content (AvgIpc) is 2.01.